The molecule has 1 saturated heterocycles. The maximum Gasteiger partial charge on any atom is 0.234 e. The number of benzene rings is 2. The predicted octanol–water partition coefficient (Wildman–Crippen LogP) is 4.11. The third-order valence-electron chi connectivity index (χ3n) is 5.80. The number of rotatable bonds is 6. The van der Waals surface area contributed by atoms with E-state index in [-0.39, 0.29) is 18.0 Å². The molecule has 5 nitrogen and oxygen atoms in total. The van der Waals surface area contributed by atoms with E-state index in [9.17, 15) is 4.79 Å². The number of nitrogens with zero attached hydrogens (tertiary/aromatic N) is 1. The van der Waals surface area contributed by atoms with Gasteiger partial charge in [0.05, 0.1) is 12.6 Å². The lowest BCUT2D eigenvalue weighted by Crippen LogP contribution is -2.40. The summed E-state index contributed by atoms with van der Waals surface area (Å²) in [6.07, 6.45) is 2.15. The summed E-state index contributed by atoms with van der Waals surface area (Å²) in [6.45, 7) is 6.82. The van der Waals surface area contributed by atoms with Crippen LogP contribution in [-0.4, -0.2) is 37.1 Å². The van der Waals surface area contributed by atoms with Crippen molar-refractivity contribution >= 4 is 5.91 Å². The lowest BCUT2D eigenvalue weighted by atomic mass is 9.96. The first-order valence-electron chi connectivity index (χ1n) is 10.6. The van der Waals surface area contributed by atoms with Gasteiger partial charge in [-0.25, -0.2) is 0 Å². The standard InChI is InChI=1S/C24H30N2O3/c1-17(2)24(18-7-4-3-5-8-18)25-23(27)16-26-12-6-9-20(26)19-10-11-21-22(15-19)29-14-13-28-21/h3-5,7-8,10-11,15,17,20,24H,6,9,12-14,16H2,1-2H3,(H,25,27)/t20-,24-/m1/s1. The third kappa shape index (κ3) is 4.56. The van der Waals surface area contributed by atoms with Gasteiger partial charge in [-0.2, -0.15) is 0 Å². The van der Waals surface area contributed by atoms with Crippen molar-refractivity contribution in [2.75, 3.05) is 26.3 Å². The molecule has 1 amide bonds. The Bertz CT molecular complexity index is 837. The second-order valence-corrected chi connectivity index (χ2v) is 8.23. The number of ether oxygens (including phenoxy) is 2. The van der Waals surface area contributed by atoms with Crippen LogP contribution in [0.1, 0.15) is 49.9 Å². The van der Waals surface area contributed by atoms with Crippen LogP contribution in [-0.2, 0) is 4.79 Å². The van der Waals surface area contributed by atoms with Gasteiger partial charge < -0.3 is 14.8 Å². The van der Waals surface area contributed by atoms with Gasteiger partial charge in [0.1, 0.15) is 13.2 Å². The van der Waals surface area contributed by atoms with Gasteiger partial charge in [0, 0.05) is 6.04 Å². The molecule has 0 aromatic heterocycles. The number of carbonyl (C=O) groups excluding carboxylic acids is 1. The number of likely N-dealkylation sites (tertiary alicyclic amines) is 1. The number of hydrogen-bond donors (Lipinski definition) is 1. The molecule has 0 bridgehead atoms. The summed E-state index contributed by atoms with van der Waals surface area (Å²) in [7, 11) is 0. The molecule has 0 aliphatic carbocycles. The summed E-state index contributed by atoms with van der Waals surface area (Å²) in [5, 5.41) is 3.26. The van der Waals surface area contributed by atoms with E-state index in [0.717, 1.165) is 36.4 Å². The predicted molar refractivity (Wildman–Crippen MR) is 113 cm³/mol. The van der Waals surface area contributed by atoms with Crippen molar-refractivity contribution in [3.05, 3.63) is 59.7 Å². The van der Waals surface area contributed by atoms with Crippen LogP contribution >= 0.6 is 0 Å². The van der Waals surface area contributed by atoms with Crippen molar-refractivity contribution in [2.24, 2.45) is 5.92 Å². The van der Waals surface area contributed by atoms with E-state index < -0.39 is 0 Å². The van der Waals surface area contributed by atoms with Crippen LogP contribution in [0.15, 0.2) is 48.5 Å². The molecular weight excluding hydrogens is 364 g/mol. The van der Waals surface area contributed by atoms with Crippen LogP contribution in [0.4, 0.5) is 0 Å². The second kappa shape index (κ2) is 8.87. The van der Waals surface area contributed by atoms with E-state index >= 15 is 0 Å². The van der Waals surface area contributed by atoms with Gasteiger partial charge in [-0.3, -0.25) is 9.69 Å². The SMILES string of the molecule is CC(C)[C@@H](NC(=O)CN1CCC[C@@H]1c1ccc2c(c1)OCCO2)c1ccccc1. The summed E-state index contributed by atoms with van der Waals surface area (Å²) >= 11 is 0. The highest BCUT2D eigenvalue weighted by molar-refractivity contribution is 5.78. The fourth-order valence-corrected chi connectivity index (χ4v) is 4.36. The molecule has 4 rings (SSSR count). The Morgan fingerprint density at radius 2 is 1.86 bits per heavy atom. The van der Waals surface area contributed by atoms with Crippen LogP contribution in [0.3, 0.4) is 0 Å². The molecule has 1 fully saturated rings. The van der Waals surface area contributed by atoms with Gasteiger partial charge >= 0.3 is 0 Å². The molecule has 154 valence electrons. The first kappa shape index (κ1) is 19.8. The Hall–Kier alpha value is -2.53. The molecule has 5 heteroatoms. The molecule has 0 unspecified atom stereocenters. The Kier molecular flexibility index (Phi) is 6.05. The molecule has 2 atom stereocenters. The van der Waals surface area contributed by atoms with Gasteiger partial charge in [0.25, 0.3) is 0 Å². The molecule has 0 spiro atoms. The first-order valence-corrected chi connectivity index (χ1v) is 10.6. The van der Waals surface area contributed by atoms with E-state index in [4.69, 9.17) is 9.47 Å². The number of amides is 1. The summed E-state index contributed by atoms with van der Waals surface area (Å²) in [4.78, 5) is 15.2. The lowest BCUT2D eigenvalue weighted by Gasteiger charge is -2.28. The largest absolute Gasteiger partial charge is 0.486 e. The number of hydrogen-bond acceptors (Lipinski definition) is 4. The van der Waals surface area contributed by atoms with Gasteiger partial charge in [-0.15, -0.1) is 0 Å². The molecule has 2 aromatic carbocycles. The highest BCUT2D eigenvalue weighted by Gasteiger charge is 2.29. The van der Waals surface area contributed by atoms with Crippen molar-refractivity contribution in [1.29, 1.82) is 0 Å². The molecular formula is C24H30N2O3. The minimum Gasteiger partial charge on any atom is -0.486 e. The van der Waals surface area contributed by atoms with E-state index in [1.54, 1.807) is 0 Å². The zero-order valence-corrected chi connectivity index (χ0v) is 17.3. The van der Waals surface area contributed by atoms with Crippen molar-refractivity contribution in [3.8, 4) is 11.5 Å². The molecule has 2 aliphatic heterocycles. The Labute approximate surface area is 173 Å². The zero-order chi connectivity index (χ0) is 20.2. The third-order valence-corrected chi connectivity index (χ3v) is 5.80. The molecule has 2 aliphatic rings. The molecule has 2 aromatic rings. The molecule has 1 N–H and O–H groups in total. The fraction of sp³-hybridized carbons (Fsp3) is 0.458. The first-order chi connectivity index (χ1) is 14.1. The second-order valence-electron chi connectivity index (χ2n) is 8.23. The fourth-order valence-electron chi connectivity index (χ4n) is 4.36. The normalized spacial score (nSPS) is 19.9. The summed E-state index contributed by atoms with van der Waals surface area (Å²) in [5.74, 6) is 2.03. The van der Waals surface area contributed by atoms with E-state index in [2.05, 4.69) is 48.3 Å². The molecule has 0 radical (unpaired) electrons. The highest BCUT2D eigenvalue weighted by Crippen LogP contribution is 2.38. The minimum absolute atomic E-state index is 0.0269. The summed E-state index contributed by atoms with van der Waals surface area (Å²) in [6, 6.07) is 16.7. The highest BCUT2D eigenvalue weighted by atomic mass is 16.6. The van der Waals surface area contributed by atoms with E-state index in [1.807, 2.05) is 24.3 Å². The van der Waals surface area contributed by atoms with E-state index in [0.29, 0.717) is 25.7 Å². The Morgan fingerprint density at radius 1 is 1.10 bits per heavy atom. The number of nitrogens with one attached hydrogen (secondary N) is 1. The lowest BCUT2D eigenvalue weighted by molar-refractivity contribution is -0.123. The minimum atomic E-state index is 0.0269. The van der Waals surface area contributed by atoms with Crippen molar-refractivity contribution in [2.45, 2.75) is 38.8 Å². The van der Waals surface area contributed by atoms with Gasteiger partial charge in [0.15, 0.2) is 11.5 Å². The Morgan fingerprint density at radius 3 is 2.62 bits per heavy atom. The van der Waals surface area contributed by atoms with Crippen molar-refractivity contribution in [3.63, 3.8) is 0 Å². The number of carbonyl (C=O) groups is 1. The molecule has 29 heavy (non-hydrogen) atoms. The average Bonchev–Trinajstić information content (AvgIpc) is 3.20. The maximum atomic E-state index is 12.9. The topological polar surface area (TPSA) is 50.8 Å². The smallest absolute Gasteiger partial charge is 0.234 e. The number of fused-ring (bicyclic) bond motifs is 1. The molecule has 0 saturated carbocycles. The summed E-state index contributed by atoms with van der Waals surface area (Å²) in [5.41, 5.74) is 2.35. The van der Waals surface area contributed by atoms with Gasteiger partial charge in [0.2, 0.25) is 5.91 Å². The van der Waals surface area contributed by atoms with Crippen LogP contribution in [0.5, 0.6) is 11.5 Å². The summed E-state index contributed by atoms with van der Waals surface area (Å²) < 4.78 is 11.4. The van der Waals surface area contributed by atoms with Crippen LogP contribution in [0.25, 0.3) is 0 Å². The van der Waals surface area contributed by atoms with E-state index in [1.165, 1.54) is 5.56 Å². The van der Waals surface area contributed by atoms with Gasteiger partial charge in [-0.05, 0) is 48.6 Å². The van der Waals surface area contributed by atoms with Crippen LogP contribution < -0.4 is 14.8 Å². The maximum absolute atomic E-state index is 12.9. The Balaban J connectivity index is 1.43. The van der Waals surface area contributed by atoms with Crippen LogP contribution in [0.2, 0.25) is 0 Å². The van der Waals surface area contributed by atoms with Gasteiger partial charge in [-0.1, -0.05) is 50.2 Å². The average molecular weight is 395 g/mol. The quantitative estimate of drug-likeness (QED) is 0.801. The van der Waals surface area contributed by atoms with Crippen molar-refractivity contribution < 1.29 is 14.3 Å². The zero-order valence-electron chi connectivity index (χ0n) is 17.3. The van der Waals surface area contributed by atoms with Crippen molar-refractivity contribution in [1.82, 2.24) is 10.2 Å². The molecule has 2 heterocycles. The van der Waals surface area contributed by atoms with Crippen LogP contribution in [0, 0.1) is 5.92 Å². The monoisotopic (exact) mass is 394 g/mol.